The van der Waals surface area contributed by atoms with E-state index in [4.69, 9.17) is 0 Å². The molecule has 0 aromatic heterocycles. The fourth-order valence-electron chi connectivity index (χ4n) is 2.90. The van der Waals surface area contributed by atoms with Gasteiger partial charge in [-0.25, -0.2) is 0 Å². The van der Waals surface area contributed by atoms with Crippen LogP contribution in [0.15, 0.2) is 24.3 Å². The molecule has 1 aromatic rings. The van der Waals surface area contributed by atoms with Crippen LogP contribution in [-0.4, -0.2) is 11.9 Å². The maximum Gasteiger partial charge on any atom is 0.251 e. The Bertz CT molecular complexity index is 455. The van der Waals surface area contributed by atoms with E-state index >= 15 is 0 Å². The van der Waals surface area contributed by atoms with Gasteiger partial charge in [0.05, 0.1) is 0 Å². The molecule has 1 amide bonds. The zero-order chi connectivity index (χ0) is 14.8. The Morgan fingerprint density at radius 3 is 2.25 bits per heavy atom. The van der Waals surface area contributed by atoms with E-state index in [0.717, 1.165) is 12.0 Å². The van der Waals surface area contributed by atoms with E-state index in [1.807, 2.05) is 12.1 Å². The van der Waals surface area contributed by atoms with Gasteiger partial charge < -0.3 is 5.32 Å². The third kappa shape index (κ3) is 3.62. The molecule has 0 heterocycles. The molecular formula is C18H27NO. The smallest absolute Gasteiger partial charge is 0.251 e. The van der Waals surface area contributed by atoms with Crippen molar-refractivity contribution in [1.29, 1.82) is 0 Å². The molecule has 1 fully saturated rings. The van der Waals surface area contributed by atoms with E-state index in [1.165, 1.54) is 24.8 Å². The van der Waals surface area contributed by atoms with Gasteiger partial charge in [0.2, 0.25) is 0 Å². The van der Waals surface area contributed by atoms with Crippen molar-refractivity contribution in [1.82, 2.24) is 5.32 Å². The van der Waals surface area contributed by atoms with Crippen molar-refractivity contribution >= 4 is 5.91 Å². The molecular weight excluding hydrogens is 246 g/mol. The first-order valence-corrected chi connectivity index (χ1v) is 7.79. The first-order valence-electron chi connectivity index (χ1n) is 7.79. The highest BCUT2D eigenvalue weighted by atomic mass is 16.1. The highest BCUT2D eigenvalue weighted by Crippen LogP contribution is 2.25. The summed E-state index contributed by atoms with van der Waals surface area (Å²) >= 11 is 0. The number of amides is 1. The van der Waals surface area contributed by atoms with Gasteiger partial charge in [0, 0.05) is 11.6 Å². The van der Waals surface area contributed by atoms with Crippen LogP contribution in [0.2, 0.25) is 0 Å². The molecule has 0 spiro atoms. The van der Waals surface area contributed by atoms with Crippen molar-refractivity contribution in [3.63, 3.8) is 0 Å². The van der Waals surface area contributed by atoms with Crippen LogP contribution in [-0.2, 0) is 5.41 Å². The van der Waals surface area contributed by atoms with Crippen LogP contribution in [0, 0.1) is 5.92 Å². The summed E-state index contributed by atoms with van der Waals surface area (Å²) in [6.45, 7) is 8.80. The van der Waals surface area contributed by atoms with Gasteiger partial charge in [0.25, 0.3) is 5.91 Å². The Hall–Kier alpha value is -1.31. The minimum atomic E-state index is 0.0733. The highest BCUT2D eigenvalue weighted by Gasteiger charge is 2.23. The molecule has 1 aliphatic carbocycles. The van der Waals surface area contributed by atoms with Crippen LogP contribution in [0.25, 0.3) is 0 Å². The van der Waals surface area contributed by atoms with E-state index in [-0.39, 0.29) is 11.3 Å². The van der Waals surface area contributed by atoms with Crippen molar-refractivity contribution < 1.29 is 4.79 Å². The second-order valence-corrected chi connectivity index (χ2v) is 7.17. The normalized spacial score (nSPS) is 23.4. The molecule has 110 valence electrons. The summed E-state index contributed by atoms with van der Waals surface area (Å²) in [5, 5.41) is 3.20. The molecule has 0 saturated heterocycles. The largest absolute Gasteiger partial charge is 0.349 e. The third-order valence-corrected chi connectivity index (χ3v) is 4.44. The van der Waals surface area contributed by atoms with E-state index in [1.54, 1.807) is 0 Å². The van der Waals surface area contributed by atoms with Gasteiger partial charge >= 0.3 is 0 Å². The van der Waals surface area contributed by atoms with Gasteiger partial charge in [-0.1, -0.05) is 52.7 Å². The molecule has 1 saturated carbocycles. The second-order valence-electron chi connectivity index (χ2n) is 7.17. The van der Waals surface area contributed by atoms with Gasteiger partial charge in [-0.2, -0.15) is 0 Å². The summed E-state index contributed by atoms with van der Waals surface area (Å²) < 4.78 is 0. The zero-order valence-corrected chi connectivity index (χ0v) is 13.2. The molecule has 1 aliphatic rings. The average molecular weight is 273 g/mol. The maximum atomic E-state index is 12.3. The number of nitrogens with one attached hydrogen (secondary N) is 1. The number of hydrogen-bond acceptors (Lipinski definition) is 1. The molecule has 0 bridgehead atoms. The molecule has 0 radical (unpaired) electrons. The lowest BCUT2D eigenvalue weighted by molar-refractivity contribution is 0.0910. The van der Waals surface area contributed by atoms with Crippen molar-refractivity contribution in [2.75, 3.05) is 0 Å². The molecule has 2 heteroatoms. The number of carbonyl (C=O) groups is 1. The van der Waals surface area contributed by atoms with E-state index in [9.17, 15) is 4.79 Å². The van der Waals surface area contributed by atoms with E-state index < -0.39 is 0 Å². The number of rotatable bonds is 2. The van der Waals surface area contributed by atoms with Crippen LogP contribution in [0.4, 0.5) is 0 Å². The molecule has 0 aliphatic heterocycles. The van der Waals surface area contributed by atoms with Gasteiger partial charge in [-0.15, -0.1) is 0 Å². The Kier molecular flexibility index (Phi) is 4.52. The average Bonchev–Trinajstić information content (AvgIpc) is 2.40. The van der Waals surface area contributed by atoms with Gasteiger partial charge in [0.1, 0.15) is 0 Å². The monoisotopic (exact) mass is 273 g/mol. The van der Waals surface area contributed by atoms with Crippen LogP contribution in [0.5, 0.6) is 0 Å². The predicted octanol–water partition coefficient (Wildman–Crippen LogP) is 4.29. The standard InChI is InChI=1S/C18H27NO/c1-13-7-5-6-8-16(13)19-17(20)14-9-11-15(12-10-14)18(2,3)4/h9-13,16H,5-8H2,1-4H3,(H,19,20). The summed E-state index contributed by atoms with van der Waals surface area (Å²) in [4.78, 5) is 12.3. The lowest BCUT2D eigenvalue weighted by Gasteiger charge is -2.29. The SMILES string of the molecule is CC1CCCCC1NC(=O)c1ccc(C(C)(C)C)cc1. The summed E-state index contributed by atoms with van der Waals surface area (Å²) in [5.41, 5.74) is 2.17. The van der Waals surface area contributed by atoms with Crippen molar-refractivity contribution in [2.45, 2.75) is 64.8 Å². The number of carbonyl (C=O) groups excluding carboxylic acids is 1. The minimum Gasteiger partial charge on any atom is -0.349 e. The van der Waals surface area contributed by atoms with Gasteiger partial charge in [0.15, 0.2) is 0 Å². The number of benzene rings is 1. The summed E-state index contributed by atoms with van der Waals surface area (Å²) in [5.74, 6) is 0.672. The minimum absolute atomic E-state index is 0.0733. The number of hydrogen-bond donors (Lipinski definition) is 1. The molecule has 1 N–H and O–H groups in total. The lowest BCUT2D eigenvalue weighted by Crippen LogP contribution is -2.41. The first-order chi connectivity index (χ1) is 9.38. The van der Waals surface area contributed by atoms with Gasteiger partial charge in [-0.3, -0.25) is 4.79 Å². The quantitative estimate of drug-likeness (QED) is 0.855. The molecule has 2 rings (SSSR count). The Morgan fingerprint density at radius 1 is 1.10 bits per heavy atom. The van der Waals surface area contributed by atoms with Crippen molar-refractivity contribution in [2.24, 2.45) is 5.92 Å². The predicted molar refractivity (Wildman–Crippen MR) is 84.0 cm³/mol. The summed E-state index contributed by atoms with van der Waals surface area (Å²) in [6, 6.07) is 8.38. The lowest BCUT2D eigenvalue weighted by atomic mass is 9.85. The van der Waals surface area contributed by atoms with E-state index in [0.29, 0.717) is 12.0 Å². The van der Waals surface area contributed by atoms with E-state index in [2.05, 4.69) is 45.1 Å². The maximum absolute atomic E-state index is 12.3. The fourth-order valence-corrected chi connectivity index (χ4v) is 2.90. The Morgan fingerprint density at radius 2 is 1.70 bits per heavy atom. The summed E-state index contributed by atoms with van der Waals surface area (Å²) in [6.07, 6.45) is 4.88. The Balaban J connectivity index is 2.02. The zero-order valence-electron chi connectivity index (χ0n) is 13.2. The summed E-state index contributed by atoms with van der Waals surface area (Å²) in [7, 11) is 0. The topological polar surface area (TPSA) is 29.1 Å². The van der Waals surface area contributed by atoms with Crippen LogP contribution in [0.1, 0.15) is 69.3 Å². The van der Waals surface area contributed by atoms with Crippen molar-refractivity contribution in [3.05, 3.63) is 35.4 Å². The molecule has 20 heavy (non-hydrogen) atoms. The molecule has 2 atom stereocenters. The molecule has 2 unspecified atom stereocenters. The second kappa shape index (κ2) is 5.99. The van der Waals surface area contributed by atoms with Gasteiger partial charge in [-0.05, 0) is 41.9 Å². The van der Waals surface area contributed by atoms with Crippen LogP contribution < -0.4 is 5.32 Å². The molecule has 2 nitrogen and oxygen atoms in total. The fraction of sp³-hybridized carbons (Fsp3) is 0.611. The molecule has 1 aromatic carbocycles. The highest BCUT2D eigenvalue weighted by molar-refractivity contribution is 5.94. The van der Waals surface area contributed by atoms with Crippen LogP contribution >= 0.6 is 0 Å². The van der Waals surface area contributed by atoms with Crippen molar-refractivity contribution in [3.8, 4) is 0 Å². The Labute approximate surface area is 123 Å². The van der Waals surface area contributed by atoms with Crippen LogP contribution in [0.3, 0.4) is 0 Å². The first kappa shape index (κ1) is 15.1. The third-order valence-electron chi connectivity index (χ3n) is 4.44.